The van der Waals surface area contributed by atoms with Crippen molar-refractivity contribution < 1.29 is 9.52 Å². The lowest BCUT2D eigenvalue weighted by molar-refractivity contribution is 0.0825. The lowest BCUT2D eigenvalue weighted by Crippen LogP contribution is -2.36. The highest BCUT2D eigenvalue weighted by Crippen LogP contribution is 2.28. The summed E-state index contributed by atoms with van der Waals surface area (Å²) in [5.41, 5.74) is 2.86. The molecule has 122 valence electrons. The Kier molecular flexibility index (Phi) is 4.38. The predicted molar refractivity (Wildman–Crippen MR) is 87.9 cm³/mol. The number of oxazole rings is 1. The topological polar surface area (TPSA) is 73.3 Å². The minimum Gasteiger partial charge on any atom is -0.439 e. The van der Waals surface area contributed by atoms with Crippen LogP contribution < -0.4 is 0 Å². The molecule has 1 aliphatic rings. The van der Waals surface area contributed by atoms with Gasteiger partial charge in [0.05, 0.1) is 11.7 Å². The highest BCUT2D eigenvalue weighted by atomic mass is 16.3. The number of aliphatic hydroxyl groups excluding tert-OH is 1. The lowest BCUT2D eigenvalue weighted by atomic mass is 10.1. The van der Waals surface area contributed by atoms with Gasteiger partial charge in [-0.1, -0.05) is 13.8 Å². The van der Waals surface area contributed by atoms with E-state index in [1.54, 1.807) is 0 Å². The number of fused-ring (bicyclic) bond motifs is 1. The number of hydrogen-bond acceptors (Lipinski definition) is 5. The molecule has 1 aromatic carbocycles. The van der Waals surface area contributed by atoms with E-state index >= 15 is 0 Å². The van der Waals surface area contributed by atoms with Gasteiger partial charge in [0, 0.05) is 18.5 Å². The Morgan fingerprint density at radius 2 is 2.22 bits per heavy atom. The van der Waals surface area contributed by atoms with Gasteiger partial charge in [-0.25, -0.2) is 4.98 Å². The summed E-state index contributed by atoms with van der Waals surface area (Å²) in [7, 11) is 2.03. The predicted octanol–water partition coefficient (Wildman–Crippen LogP) is 3.17. The molecule has 1 aromatic heterocycles. The van der Waals surface area contributed by atoms with Crippen LogP contribution in [0.15, 0.2) is 16.5 Å². The van der Waals surface area contributed by atoms with Crippen LogP contribution in [0.4, 0.5) is 0 Å². The van der Waals surface area contributed by atoms with E-state index in [4.69, 9.17) is 4.42 Å². The van der Waals surface area contributed by atoms with Crippen LogP contribution in [0.2, 0.25) is 0 Å². The molecule has 1 saturated carbocycles. The second kappa shape index (κ2) is 6.31. The Morgan fingerprint density at radius 1 is 1.43 bits per heavy atom. The van der Waals surface area contributed by atoms with Gasteiger partial charge in [0.25, 0.3) is 0 Å². The van der Waals surface area contributed by atoms with E-state index in [-0.39, 0.29) is 18.1 Å². The molecule has 0 amide bonds. The monoisotopic (exact) mass is 313 g/mol. The van der Waals surface area contributed by atoms with E-state index in [0.717, 1.165) is 30.3 Å². The van der Waals surface area contributed by atoms with Crippen molar-refractivity contribution in [1.82, 2.24) is 9.88 Å². The standard InChI is InChI=1S/C18H23N3O2/c1-11(2)18-20-14-8-12(7-13(9-19)17(14)23-18)10-21(3)15-5-4-6-16(15)22/h7-8,11,15-16,22H,4-6,10H2,1-3H3/t15-,16-/m0/s1. The molecule has 2 atom stereocenters. The average Bonchev–Trinajstić information content (AvgIpc) is 3.12. The number of aliphatic hydroxyl groups is 1. The fourth-order valence-electron chi connectivity index (χ4n) is 3.37. The molecular formula is C18H23N3O2. The number of benzene rings is 1. The molecule has 5 heteroatoms. The molecule has 1 fully saturated rings. The van der Waals surface area contributed by atoms with Gasteiger partial charge in [0.1, 0.15) is 11.6 Å². The van der Waals surface area contributed by atoms with Crippen molar-refractivity contribution in [3.63, 3.8) is 0 Å². The van der Waals surface area contributed by atoms with Crippen molar-refractivity contribution in [2.24, 2.45) is 0 Å². The van der Waals surface area contributed by atoms with Crippen LogP contribution in [0.3, 0.4) is 0 Å². The largest absolute Gasteiger partial charge is 0.439 e. The molecule has 2 aromatic rings. The van der Waals surface area contributed by atoms with Crippen molar-refractivity contribution in [2.45, 2.75) is 57.7 Å². The van der Waals surface area contributed by atoms with E-state index in [1.807, 2.05) is 33.0 Å². The summed E-state index contributed by atoms with van der Waals surface area (Å²) in [4.78, 5) is 6.69. The first-order valence-corrected chi connectivity index (χ1v) is 8.21. The Hall–Kier alpha value is -1.90. The number of rotatable bonds is 4. The summed E-state index contributed by atoms with van der Waals surface area (Å²) in [6.07, 6.45) is 2.71. The zero-order valence-corrected chi connectivity index (χ0v) is 13.9. The molecule has 1 heterocycles. The summed E-state index contributed by atoms with van der Waals surface area (Å²) in [5.74, 6) is 0.849. The summed E-state index contributed by atoms with van der Waals surface area (Å²) in [6.45, 7) is 4.73. The summed E-state index contributed by atoms with van der Waals surface area (Å²) in [6, 6.07) is 6.27. The van der Waals surface area contributed by atoms with Gasteiger partial charge in [-0.05, 0) is 44.0 Å². The SMILES string of the molecule is CC(C)c1nc2cc(CN(C)[C@H]3CCC[C@@H]3O)cc(C#N)c2o1. The Balaban J connectivity index is 1.90. The number of hydrogen-bond donors (Lipinski definition) is 1. The highest BCUT2D eigenvalue weighted by Gasteiger charge is 2.28. The molecule has 0 unspecified atom stereocenters. The van der Waals surface area contributed by atoms with Crippen LogP contribution >= 0.6 is 0 Å². The van der Waals surface area contributed by atoms with Crippen LogP contribution in [-0.4, -0.2) is 34.2 Å². The Morgan fingerprint density at radius 3 is 2.83 bits per heavy atom. The number of aromatic nitrogens is 1. The smallest absolute Gasteiger partial charge is 0.198 e. The van der Waals surface area contributed by atoms with E-state index in [9.17, 15) is 10.4 Å². The van der Waals surface area contributed by atoms with Gasteiger partial charge < -0.3 is 9.52 Å². The van der Waals surface area contributed by atoms with Crippen LogP contribution in [-0.2, 0) is 6.54 Å². The third kappa shape index (κ3) is 3.10. The number of nitrogens with zero attached hydrogens (tertiary/aromatic N) is 3. The Bertz CT molecular complexity index is 745. The zero-order valence-electron chi connectivity index (χ0n) is 13.9. The third-order valence-electron chi connectivity index (χ3n) is 4.62. The second-order valence-electron chi connectivity index (χ2n) is 6.79. The minimum atomic E-state index is -0.251. The van der Waals surface area contributed by atoms with Gasteiger partial charge in [-0.2, -0.15) is 5.26 Å². The number of likely N-dealkylation sites (N-methyl/N-ethyl adjacent to an activating group) is 1. The molecule has 0 saturated heterocycles. The fraction of sp³-hybridized carbons (Fsp3) is 0.556. The summed E-state index contributed by atoms with van der Waals surface area (Å²) < 4.78 is 5.74. The minimum absolute atomic E-state index is 0.189. The molecule has 0 radical (unpaired) electrons. The molecule has 3 rings (SSSR count). The third-order valence-corrected chi connectivity index (χ3v) is 4.62. The fourth-order valence-corrected chi connectivity index (χ4v) is 3.37. The van der Waals surface area contributed by atoms with Crippen molar-refractivity contribution in [3.8, 4) is 6.07 Å². The van der Waals surface area contributed by atoms with Crippen molar-refractivity contribution >= 4 is 11.1 Å². The molecule has 5 nitrogen and oxygen atoms in total. The highest BCUT2D eigenvalue weighted by molar-refractivity contribution is 5.80. The number of nitriles is 1. The van der Waals surface area contributed by atoms with E-state index in [1.165, 1.54) is 0 Å². The van der Waals surface area contributed by atoms with Crippen LogP contribution in [0, 0.1) is 11.3 Å². The normalized spacial score (nSPS) is 21.4. The van der Waals surface area contributed by atoms with Crippen LogP contribution in [0.5, 0.6) is 0 Å². The summed E-state index contributed by atoms with van der Waals surface area (Å²) >= 11 is 0. The Labute approximate surface area is 136 Å². The summed E-state index contributed by atoms with van der Waals surface area (Å²) in [5, 5.41) is 19.5. The van der Waals surface area contributed by atoms with Crippen molar-refractivity contribution in [3.05, 3.63) is 29.2 Å². The quantitative estimate of drug-likeness (QED) is 0.938. The van der Waals surface area contributed by atoms with Gasteiger partial charge in [0.2, 0.25) is 0 Å². The van der Waals surface area contributed by atoms with Gasteiger partial charge in [-0.15, -0.1) is 0 Å². The molecule has 1 aliphatic carbocycles. The maximum atomic E-state index is 10.1. The zero-order chi connectivity index (χ0) is 16.6. The molecule has 0 bridgehead atoms. The molecule has 23 heavy (non-hydrogen) atoms. The first kappa shape index (κ1) is 16.0. The van der Waals surface area contributed by atoms with Gasteiger partial charge in [-0.3, -0.25) is 4.90 Å². The maximum absolute atomic E-state index is 10.1. The van der Waals surface area contributed by atoms with Crippen molar-refractivity contribution in [1.29, 1.82) is 5.26 Å². The average molecular weight is 313 g/mol. The molecular weight excluding hydrogens is 290 g/mol. The first-order valence-electron chi connectivity index (χ1n) is 8.21. The second-order valence-corrected chi connectivity index (χ2v) is 6.79. The molecule has 1 N–H and O–H groups in total. The van der Waals surface area contributed by atoms with E-state index < -0.39 is 0 Å². The molecule has 0 aliphatic heterocycles. The first-order chi connectivity index (χ1) is 11.0. The lowest BCUT2D eigenvalue weighted by Gasteiger charge is -2.27. The van der Waals surface area contributed by atoms with Gasteiger partial charge in [0.15, 0.2) is 11.5 Å². The van der Waals surface area contributed by atoms with Gasteiger partial charge >= 0.3 is 0 Å². The van der Waals surface area contributed by atoms with E-state index in [0.29, 0.717) is 23.6 Å². The van der Waals surface area contributed by atoms with E-state index in [2.05, 4.69) is 16.0 Å². The van der Waals surface area contributed by atoms with Crippen molar-refractivity contribution in [2.75, 3.05) is 7.05 Å². The van der Waals surface area contributed by atoms with Crippen LogP contribution in [0.1, 0.15) is 56.0 Å². The van der Waals surface area contributed by atoms with Crippen LogP contribution in [0.25, 0.3) is 11.1 Å². The maximum Gasteiger partial charge on any atom is 0.198 e. The molecule has 0 spiro atoms.